The van der Waals surface area contributed by atoms with Crippen LogP contribution in [0.15, 0.2) is 47.4 Å². The molecule has 1 amide bonds. The van der Waals surface area contributed by atoms with Crippen molar-refractivity contribution in [3.63, 3.8) is 0 Å². The number of nitrogens with zero attached hydrogens (tertiary/aromatic N) is 1. The van der Waals surface area contributed by atoms with E-state index < -0.39 is 56.4 Å². The van der Waals surface area contributed by atoms with Crippen LogP contribution in [0.3, 0.4) is 0 Å². The zero-order chi connectivity index (χ0) is 25.3. The number of halogens is 8. The molecule has 0 bridgehead atoms. The largest absolute Gasteiger partial charge is 0.435 e. The van der Waals surface area contributed by atoms with E-state index in [9.17, 15) is 48.3 Å². The number of carbonyl (C=O) groups excluding carboxylic acids is 1. The minimum absolute atomic E-state index is 0.0477. The fourth-order valence-electron chi connectivity index (χ4n) is 4.98. The number of hydrogen-bond donors (Lipinski definition) is 0. The normalized spacial score (nSPS) is 23.1. The molecule has 1 fully saturated rings. The molecule has 2 unspecified atom stereocenters. The Hall–Kier alpha value is -2.70. The zero-order valence-electron chi connectivity index (χ0n) is 16.9. The number of sulfone groups is 1. The lowest BCUT2D eigenvalue weighted by atomic mass is 9.90. The van der Waals surface area contributed by atoms with Crippen LogP contribution in [0.25, 0.3) is 0 Å². The van der Waals surface area contributed by atoms with Crippen molar-refractivity contribution in [2.24, 2.45) is 0 Å². The van der Waals surface area contributed by atoms with Gasteiger partial charge in [-0.3, -0.25) is 4.79 Å². The van der Waals surface area contributed by atoms with Gasteiger partial charge in [0.15, 0.2) is 9.84 Å². The number of rotatable bonds is 4. The van der Waals surface area contributed by atoms with Crippen molar-refractivity contribution in [1.82, 2.24) is 4.90 Å². The van der Waals surface area contributed by atoms with E-state index in [1.54, 1.807) is 0 Å². The van der Waals surface area contributed by atoms with E-state index in [1.807, 2.05) is 0 Å². The van der Waals surface area contributed by atoms with Gasteiger partial charge in [0, 0.05) is 12.1 Å². The minimum Gasteiger partial charge on any atom is -0.340 e. The first-order chi connectivity index (χ1) is 15.6. The lowest BCUT2D eigenvalue weighted by molar-refractivity contribution is -0.348. The molecular formula is C21H15F8NO3S. The Kier molecular flexibility index (Phi) is 5.31. The summed E-state index contributed by atoms with van der Waals surface area (Å²) in [6.07, 6.45) is -12.9. The third-order valence-electron chi connectivity index (χ3n) is 6.57. The van der Waals surface area contributed by atoms with Gasteiger partial charge in [0.1, 0.15) is 10.6 Å². The summed E-state index contributed by atoms with van der Waals surface area (Å²) in [7, 11) is -4.42. The minimum atomic E-state index is -6.33. The highest BCUT2D eigenvalue weighted by molar-refractivity contribution is 7.92. The number of hydrogen-bond acceptors (Lipinski definition) is 3. The summed E-state index contributed by atoms with van der Waals surface area (Å²) in [5.41, 5.74) is -7.80. The van der Waals surface area contributed by atoms with Crippen LogP contribution >= 0.6 is 0 Å². The molecule has 1 aliphatic carbocycles. The second-order valence-electron chi connectivity index (χ2n) is 8.19. The standard InChI is InChI=1S/C21H15F8NO3S/c22-14-2-4-15(5-3-14)34(32,33)18-7-8-30(11-31)17(18)10-12-9-13(1-6-16(12)18)19(23,20(24,25)26)21(27,28)29/h1-6,9,11,17H,7-8,10H2. The summed E-state index contributed by atoms with van der Waals surface area (Å²) in [5.74, 6) is -0.732. The van der Waals surface area contributed by atoms with Crippen LogP contribution in [0.2, 0.25) is 0 Å². The van der Waals surface area contributed by atoms with Crippen molar-refractivity contribution in [2.45, 2.75) is 46.5 Å². The average Bonchev–Trinajstić information content (AvgIpc) is 3.26. The molecule has 1 aliphatic heterocycles. The second-order valence-corrected chi connectivity index (χ2v) is 10.4. The molecular weight excluding hydrogens is 498 g/mol. The molecule has 2 aromatic carbocycles. The molecule has 1 heterocycles. The summed E-state index contributed by atoms with van der Waals surface area (Å²) in [6, 6.07) is 3.94. The molecule has 34 heavy (non-hydrogen) atoms. The first-order valence-electron chi connectivity index (χ1n) is 9.79. The Balaban J connectivity index is 1.93. The van der Waals surface area contributed by atoms with Crippen LogP contribution in [-0.4, -0.2) is 44.7 Å². The van der Waals surface area contributed by atoms with Crippen LogP contribution in [-0.2, 0) is 31.5 Å². The van der Waals surface area contributed by atoms with Gasteiger partial charge in [-0.05, 0) is 48.2 Å². The van der Waals surface area contributed by atoms with E-state index in [0.29, 0.717) is 12.5 Å². The quantitative estimate of drug-likeness (QED) is 0.342. The molecule has 0 spiro atoms. The molecule has 13 heteroatoms. The van der Waals surface area contributed by atoms with E-state index in [-0.39, 0.29) is 35.1 Å². The maximum atomic E-state index is 14.6. The monoisotopic (exact) mass is 513 g/mol. The Morgan fingerprint density at radius 1 is 0.941 bits per heavy atom. The Morgan fingerprint density at radius 3 is 2.06 bits per heavy atom. The van der Waals surface area contributed by atoms with Crippen LogP contribution < -0.4 is 0 Å². The second kappa shape index (κ2) is 7.40. The van der Waals surface area contributed by atoms with Gasteiger partial charge in [0.2, 0.25) is 6.41 Å². The third kappa shape index (κ3) is 3.08. The molecule has 2 atom stereocenters. The lowest BCUT2D eigenvalue weighted by Gasteiger charge is -2.32. The van der Waals surface area contributed by atoms with Gasteiger partial charge in [-0.2, -0.15) is 26.3 Å². The van der Waals surface area contributed by atoms with E-state index in [0.717, 1.165) is 35.2 Å². The molecule has 2 aromatic rings. The van der Waals surface area contributed by atoms with Crippen molar-refractivity contribution < 1.29 is 48.3 Å². The maximum absolute atomic E-state index is 14.6. The van der Waals surface area contributed by atoms with E-state index >= 15 is 0 Å². The van der Waals surface area contributed by atoms with Crippen LogP contribution in [0.4, 0.5) is 35.1 Å². The zero-order valence-corrected chi connectivity index (χ0v) is 17.7. The maximum Gasteiger partial charge on any atom is 0.435 e. The number of amides is 1. The Bertz CT molecular complexity index is 1230. The number of alkyl halides is 7. The molecule has 0 aromatic heterocycles. The van der Waals surface area contributed by atoms with E-state index in [4.69, 9.17) is 0 Å². The fourth-order valence-corrected chi connectivity index (χ4v) is 7.32. The highest BCUT2D eigenvalue weighted by Crippen LogP contribution is 2.57. The Labute approximate surface area is 188 Å². The molecule has 0 saturated carbocycles. The number of benzene rings is 2. The first-order valence-corrected chi connectivity index (χ1v) is 11.3. The molecule has 0 radical (unpaired) electrons. The van der Waals surface area contributed by atoms with Gasteiger partial charge in [-0.1, -0.05) is 18.2 Å². The lowest BCUT2D eigenvalue weighted by Crippen LogP contribution is -2.50. The Morgan fingerprint density at radius 2 is 1.53 bits per heavy atom. The van der Waals surface area contributed by atoms with Crippen LogP contribution in [0.5, 0.6) is 0 Å². The van der Waals surface area contributed by atoms with Gasteiger partial charge in [0.25, 0.3) is 0 Å². The topological polar surface area (TPSA) is 54.5 Å². The SMILES string of the molecule is O=CN1CCC2(S(=O)(=O)c3ccc(F)cc3)c3ccc(C(F)(C(F)(F)F)C(F)(F)F)cc3CC12. The first kappa shape index (κ1) is 24.4. The fraction of sp³-hybridized carbons (Fsp3) is 0.381. The average molecular weight is 513 g/mol. The van der Waals surface area contributed by atoms with Gasteiger partial charge in [-0.25, -0.2) is 17.2 Å². The van der Waals surface area contributed by atoms with Crippen molar-refractivity contribution in [3.05, 3.63) is 65.0 Å². The van der Waals surface area contributed by atoms with Crippen molar-refractivity contribution in [3.8, 4) is 0 Å². The molecule has 4 rings (SSSR count). The van der Waals surface area contributed by atoms with Gasteiger partial charge in [0.05, 0.1) is 10.9 Å². The molecule has 4 nitrogen and oxygen atoms in total. The van der Waals surface area contributed by atoms with E-state index in [1.165, 1.54) is 0 Å². The number of likely N-dealkylation sites (tertiary alicyclic amines) is 1. The van der Waals surface area contributed by atoms with Gasteiger partial charge in [-0.15, -0.1) is 0 Å². The molecule has 184 valence electrons. The number of fused-ring (bicyclic) bond motifs is 3. The summed E-state index contributed by atoms with van der Waals surface area (Å²) in [4.78, 5) is 12.3. The third-order valence-corrected chi connectivity index (χ3v) is 9.12. The van der Waals surface area contributed by atoms with E-state index in [2.05, 4.69) is 0 Å². The van der Waals surface area contributed by atoms with Gasteiger partial charge >= 0.3 is 18.0 Å². The molecule has 1 saturated heterocycles. The summed E-state index contributed by atoms with van der Waals surface area (Å²) < 4.78 is 133. The summed E-state index contributed by atoms with van der Waals surface area (Å²) in [5, 5.41) is 0. The smallest absolute Gasteiger partial charge is 0.340 e. The molecule has 2 aliphatic rings. The summed E-state index contributed by atoms with van der Waals surface area (Å²) >= 11 is 0. The summed E-state index contributed by atoms with van der Waals surface area (Å²) in [6.45, 7) is -0.0477. The van der Waals surface area contributed by atoms with Crippen molar-refractivity contribution in [2.75, 3.05) is 6.54 Å². The number of carbonyl (C=O) groups is 1. The van der Waals surface area contributed by atoms with Gasteiger partial charge < -0.3 is 4.90 Å². The van der Waals surface area contributed by atoms with Crippen molar-refractivity contribution in [1.29, 1.82) is 0 Å². The predicted octanol–water partition coefficient (Wildman–Crippen LogP) is 4.57. The highest BCUT2D eigenvalue weighted by atomic mass is 32.2. The van der Waals surface area contributed by atoms with Crippen LogP contribution in [0.1, 0.15) is 23.1 Å². The highest BCUT2D eigenvalue weighted by Gasteiger charge is 2.74. The van der Waals surface area contributed by atoms with Crippen LogP contribution in [0, 0.1) is 5.82 Å². The van der Waals surface area contributed by atoms with Crippen molar-refractivity contribution >= 4 is 16.2 Å². The molecule has 0 N–H and O–H groups in total. The predicted molar refractivity (Wildman–Crippen MR) is 101 cm³/mol.